The molecule has 1 aliphatic heterocycles. The van der Waals surface area contributed by atoms with Gasteiger partial charge in [-0.2, -0.15) is 4.68 Å². The number of quaternary nitrogens is 1. The second-order valence-electron chi connectivity index (χ2n) is 5.76. The Labute approximate surface area is 127 Å². The number of aromatic nitrogens is 3. The zero-order chi connectivity index (χ0) is 14.9. The molecule has 2 aromatic carbocycles. The first kappa shape index (κ1) is 13.2. The summed E-state index contributed by atoms with van der Waals surface area (Å²) < 4.78 is 1.49. The quantitative estimate of drug-likeness (QED) is 0.744. The molecule has 1 aliphatic rings. The second-order valence-corrected chi connectivity index (χ2v) is 5.76. The van der Waals surface area contributed by atoms with Crippen LogP contribution in [0.2, 0.25) is 0 Å². The van der Waals surface area contributed by atoms with Crippen molar-refractivity contribution in [1.29, 1.82) is 0 Å². The van der Waals surface area contributed by atoms with Crippen molar-refractivity contribution < 1.29 is 4.90 Å². The summed E-state index contributed by atoms with van der Waals surface area (Å²) in [5.74, 6) is 0. The number of nitrogens with zero attached hydrogens (tertiary/aromatic N) is 3. The first-order valence-corrected chi connectivity index (χ1v) is 7.54. The van der Waals surface area contributed by atoms with Crippen LogP contribution in [0, 0.1) is 0 Å². The molecule has 1 atom stereocenters. The number of nitrogens with one attached hydrogen (secondary N) is 1. The highest BCUT2D eigenvalue weighted by molar-refractivity contribution is 5.76. The van der Waals surface area contributed by atoms with Crippen LogP contribution in [0.15, 0.2) is 53.3 Å². The van der Waals surface area contributed by atoms with Gasteiger partial charge in [-0.05, 0) is 17.7 Å². The number of fused-ring (bicyclic) bond motifs is 2. The summed E-state index contributed by atoms with van der Waals surface area (Å²) in [6.45, 7) is 2.50. The monoisotopic (exact) mass is 293 g/mol. The van der Waals surface area contributed by atoms with E-state index >= 15 is 0 Å². The molecule has 0 saturated heterocycles. The Bertz CT molecular complexity index is 887. The Balaban J connectivity index is 1.62. The molecule has 0 fully saturated rings. The Hall–Kier alpha value is -2.53. The van der Waals surface area contributed by atoms with E-state index < -0.39 is 0 Å². The van der Waals surface area contributed by atoms with E-state index in [2.05, 4.69) is 34.6 Å². The number of rotatable bonds is 2. The lowest BCUT2D eigenvalue weighted by molar-refractivity contribution is -0.939. The molecule has 5 nitrogen and oxygen atoms in total. The fraction of sp³-hybridized carbons (Fsp3) is 0.235. The van der Waals surface area contributed by atoms with Gasteiger partial charge in [0, 0.05) is 12.0 Å². The van der Waals surface area contributed by atoms with E-state index in [4.69, 9.17) is 0 Å². The van der Waals surface area contributed by atoms with E-state index in [9.17, 15) is 4.79 Å². The van der Waals surface area contributed by atoms with Gasteiger partial charge in [-0.15, -0.1) is 5.10 Å². The predicted molar refractivity (Wildman–Crippen MR) is 83.5 cm³/mol. The van der Waals surface area contributed by atoms with E-state index in [1.54, 1.807) is 0 Å². The molecule has 4 rings (SSSR count). The van der Waals surface area contributed by atoms with E-state index in [0.29, 0.717) is 17.6 Å². The van der Waals surface area contributed by atoms with Crippen LogP contribution in [0.4, 0.5) is 0 Å². The minimum absolute atomic E-state index is 0.0584. The Morgan fingerprint density at radius 1 is 1.05 bits per heavy atom. The summed E-state index contributed by atoms with van der Waals surface area (Å²) in [5, 5.41) is 8.87. The molecule has 3 aromatic rings. The lowest BCUT2D eigenvalue weighted by Gasteiger charge is -2.25. The van der Waals surface area contributed by atoms with Gasteiger partial charge in [0.1, 0.15) is 12.1 Å². The number of hydrogen-bond acceptors (Lipinski definition) is 3. The van der Waals surface area contributed by atoms with Gasteiger partial charge < -0.3 is 4.90 Å². The molecule has 1 unspecified atom stereocenters. The molecular formula is C17H17N4O+. The summed E-state index contributed by atoms with van der Waals surface area (Å²) in [6.07, 6.45) is 1.04. The second kappa shape index (κ2) is 5.35. The lowest BCUT2D eigenvalue weighted by Crippen LogP contribution is -3.11. The van der Waals surface area contributed by atoms with Gasteiger partial charge in [0.15, 0.2) is 6.67 Å². The minimum Gasteiger partial charge on any atom is -0.312 e. The predicted octanol–water partition coefficient (Wildman–Crippen LogP) is 0.390. The van der Waals surface area contributed by atoms with Gasteiger partial charge in [0.2, 0.25) is 0 Å². The van der Waals surface area contributed by atoms with Gasteiger partial charge in [0.05, 0.1) is 11.9 Å². The summed E-state index contributed by atoms with van der Waals surface area (Å²) in [4.78, 5) is 13.8. The molecule has 2 heterocycles. The van der Waals surface area contributed by atoms with Crippen molar-refractivity contribution >= 4 is 10.9 Å². The zero-order valence-electron chi connectivity index (χ0n) is 12.2. The van der Waals surface area contributed by atoms with Crippen molar-refractivity contribution in [1.82, 2.24) is 15.0 Å². The van der Waals surface area contributed by atoms with Crippen molar-refractivity contribution in [3.8, 4) is 0 Å². The smallest absolute Gasteiger partial charge is 0.282 e. The summed E-state index contributed by atoms with van der Waals surface area (Å²) >= 11 is 0. The molecule has 0 aliphatic carbocycles. The summed E-state index contributed by atoms with van der Waals surface area (Å²) in [6, 6.07) is 15.9. The molecule has 0 amide bonds. The van der Waals surface area contributed by atoms with Crippen LogP contribution in [-0.4, -0.2) is 21.5 Å². The van der Waals surface area contributed by atoms with Crippen molar-refractivity contribution in [2.45, 2.75) is 19.6 Å². The van der Waals surface area contributed by atoms with Gasteiger partial charge in [-0.25, -0.2) is 0 Å². The highest BCUT2D eigenvalue weighted by atomic mass is 16.1. The third kappa shape index (κ3) is 2.29. The van der Waals surface area contributed by atoms with Gasteiger partial charge in [-0.1, -0.05) is 41.6 Å². The van der Waals surface area contributed by atoms with Crippen LogP contribution in [0.3, 0.4) is 0 Å². The normalized spacial score (nSPS) is 17.4. The number of hydrogen-bond donors (Lipinski definition) is 1. The molecule has 1 aromatic heterocycles. The van der Waals surface area contributed by atoms with Crippen LogP contribution in [0.5, 0.6) is 0 Å². The fourth-order valence-electron chi connectivity index (χ4n) is 3.12. The topological polar surface area (TPSA) is 52.2 Å². The van der Waals surface area contributed by atoms with Crippen molar-refractivity contribution in [3.63, 3.8) is 0 Å². The first-order valence-electron chi connectivity index (χ1n) is 7.54. The molecule has 1 N–H and O–H groups in total. The molecule has 0 saturated carbocycles. The third-order valence-electron chi connectivity index (χ3n) is 4.31. The van der Waals surface area contributed by atoms with Gasteiger partial charge in [0.25, 0.3) is 5.56 Å². The molecule has 0 spiro atoms. The maximum atomic E-state index is 12.5. The van der Waals surface area contributed by atoms with E-state index in [1.807, 2.05) is 24.3 Å². The highest BCUT2D eigenvalue weighted by Crippen LogP contribution is 2.10. The molecular weight excluding hydrogens is 276 g/mol. The summed E-state index contributed by atoms with van der Waals surface area (Å²) in [5.41, 5.74) is 3.38. The van der Waals surface area contributed by atoms with Gasteiger partial charge >= 0.3 is 0 Å². The molecule has 0 radical (unpaired) electrons. The van der Waals surface area contributed by atoms with Crippen molar-refractivity contribution in [2.75, 3.05) is 6.54 Å². The minimum atomic E-state index is -0.0584. The van der Waals surface area contributed by atoms with Crippen LogP contribution in [0.1, 0.15) is 11.1 Å². The Morgan fingerprint density at radius 2 is 1.82 bits per heavy atom. The average molecular weight is 293 g/mol. The molecule has 110 valence electrons. The maximum Gasteiger partial charge on any atom is 0.282 e. The standard InChI is InChI=1S/C17H16N4O/c22-17-15-7-3-4-8-16(15)18-19-21(17)12-20-10-9-13-5-1-2-6-14(13)11-20/h1-8H,9-12H2/p+1. The number of benzene rings is 2. The average Bonchev–Trinajstić information content (AvgIpc) is 2.57. The molecule has 0 bridgehead atoms. The van der Waals surface area contributed by atoms with E-state index in [0.717, 1.165) is 19.5 Å². The lowest BCUT2D eigenvalue weighted by atomic mass is 10.0. The SMILES string of the molecule is O=c1c2ccccc2nnn1C[NH+]1CCc2ccccc2C1. The summed E-state index contributed by atoms with van der Waals surface area (Å²) in [7, 11) is 0. The maximum absolute atomic E-state index is 12.5. The van der Waals surface area contributed by atoms with Crippen LogP contribution in [-0.2, 0) is 19.6 Å². The van der Waals surface area contributed by atoms with E-state index in [1.165, 1.54) is 20.7 Å². The Morgan fingerprint density at radius 3 is 2.73 bits per heavy atom. The van der Waals surface area contributed by atoms with E-state index in [-0.39, 0.29) is 5.56 Å². The first-order chi connectivity index (χ1) is 10.8. The van der Waals surface area contributed by atoms with Crippen LogP contribution < -0.4 is 10.5 Å². The van der Waals surface area contributed by atoms with Crippen molar-refractivity contribution in [2.24, 2.45) is 0 Å². The molecule has 5 heteroatoms. The molecule has 22 heavy (non-hydrogen) atoms. The zero-order valence-corrected chi connectivity index (χ0v) is 12.2. The Kier molecular flexibility index (Phi) is 3.20. The van der Waals surface area contributed by atoms with Gasteiger partial charge in [-0.3, -0.25) is 4.79 Å². The largest absolute Gasteiger partial charge is 0.312 e. The van der Waals surface area contributed by atoms with Crippen molar-refractivity contribution in [3.05, 3.63) is 70.0 Å². The highest BCUT2D eigenvalue weighted by Gasteiger charge is 2.20. The van der Waals surface area contributed by atoms with Crippen LogP contribution >= 0.6 is 0 Å². The fourth-order valence-corrected chi connectivity index (χ4v) is 3.12. The third-order valence-corrected chi connectivity index (χ3v) is 4.31. The van der Waals surface area contributed by atoms with Crippen LogP contribution in [0.25, 0.3) is 10.9 Å².